The zero-order valence-electron chi connectivity index (χ0n) is 13.2. The van der Waals surface area contributed by atoms with Gasteiger partial charge >= 0.3 is 0 Å². The zero-order chi connectivity index (χ0) is 16.7. The normalized spacial score (nSPS) is 12.0. The maximum Gasteiger partial charge on any atom is 0.227 e. The second-order valence-corrected chi connectivity index (χ2v) is 6.00. The van der Waals surface area contributed by atoms with Gasteiger partial charge in [-0.15, -0.1) is 0 Å². The van der Waals surface area contributed by atoms with Gasteiger partial charge in [0.2, 0.25) is 5.91 Å². The maximum absolute atomic E-state index is 12.0. The Bertz CT molecular complexity index is 648. The zero-order valence-corrected chi connectivity index (χ0v) is 14.0. The molecule has 122 valence electrons. The molecule has 23 heavy (non-hydrogen) atoms. The van der Waals surface area contributed by atoms with Crippen LogP contribution in [0, 0.1) is 6.92 Å². The molecule has 0 aliphatic heterocycles. The van der Waals surface area contributed by atoms with Crippen LogP contribution in [0.15, 0.2) is 46.7 Å². The van der Waals surface area contributed by atoms with E-state index in [-0.39, 0.29) is 18.4 Å². The number of rotatable bonds is 7. The summed E-state index contributed by atoms with van der Waals surface area (Å²) in [5.41, 5.74) is 7.28. The van der Waals surface area contributed by atoms with Gasteiger partial charge in [-0.1, -0.05) is 0 Å². The van der Waals surface area contributed by atoms with Gasteiger partial charge in [0.1, 0.15) is 0 Å². The Kier molecular flexibility index (Phi) is 6.52. The van der Waals surface area contributed by atoms with Gasteiger partial charge < -0.3 is 15.8 Å². The van der Waals surface area contributed by atoms with Gasteiger partial charge in [-0.05, 0) is 48.5 Å². The number of aromatic nitrogens is 2. The Morgan fingerprint density at radius 2 is 2.13 bits per heavy atom. The van der Waals surface area contributed by atoms with E-state index < -0.39 is 0 Å². The molecule has 7 heteroatoms. The van der Waals surface area contributed by atoms with Crippen molar-refractivity contribution in [3.63, 3.8) is 0 Å². The number of carbonyl (C=O) groups is 1. The molecular formula is C16H20N4O2S. The summed E-state index contributed by atoms with van der Waals surface area (Å²) in [6.07, 6.45) is 3.39. The predicted octanol–water partition coefficient (Wildman–Crippen LogP) is 2.24. The van der Waals surface area contributed by atoms with Gasteiger partial charge in [0.15, 0.2) is 5.16 Å². The van der Waals surface area contributed by atoms with E-state index in [4.69, 9.17) is 10.5 Å². The van der Waals surface area contributed by atoms with Gasteiger partial charge in [-0.25, -0.2) is 9.97 Å². The number of hydrogen-bond acceptors (Lipinski definition) is 6. The van der Waals surface area contributed by atoms with Gasteiger partial charge in [-0.3, -0.25) is 4.79 Å². The van der Waals surface area contributed by atoms with E-state index in [9.17, 15) is 4.79 Å². The van der Waals surface area contributed by atoms with Crippen LogP contribution < -0.4 is 11.1 Å². The van der Waals surface area contributed by atoms with Crippen molar-refractivity contribution in [1.29, 1.82) is 0 Å². The second kappa shape index (κ2) is 8.61. The van der Waals surface area contributed by atoms with Crippen LogP contribution in [0.25, 0.3) is 0 Å². The molecule has 1 aromatic heterocycles. The first kappa shape index (κ1) is 17.4. The highest BCUT2D eigenvalue weighted by atomic mass is 32.2. The molecule has 0 radical (unpaired) electrons. The van der Waals surface area contributed by atoms with Gasteiger partial charge in [-0.2, -0.15) is 0 Å². The molecule has 0 bridgehead atoms. The van der Waals surface area contributed by atoms with E-state index in [0.717, 1.165) is 16.1 Å². The number of aryl methyl sites for hydroxylation is 1. The summed E-state index contributed by atoms with van der Waals surface area (Å²) in [5, 5.41) is 3.57. The highest BCUT2D eigenvalue weighted by molar-refractivity contribution is 7.99. The quantitative estimate of drug-likeness (QED) is 0.756. The molecule has 2 rings (SSSR count). The standard InChI is InChI=1S/C16H20N4O2S/c1-11-8-13(23-16-18-6-3-7-19-16)4-5-14(11)20-15(21)9-12(10-17)22-2/h3-8,12H,9-10,17H2,1-2H3,(H,20,21). The molecule has 1 amide bonds. The number of anilines is 1. The summed E-state index contributed by atoms with van der Waals surface area (Å²) in [6.45, 7) is 2.26. The fourth-order valence-corrected chi connectivity index (χ4v) is 2.76. The fourth-order valence-electron chi connectivity index (χ4n) is 1.95. The first-order valence-corrected chi connectivity index (χ1v) is 8.02. The van der Waals surface area contributed by atoms with Crippen LogP contribution in [0.4, 0.5) is 5.69 Å². The van der Waals surface area contributed by atoms with Crippen molar-refractivity contribution in [3.8, 4) is 0 Å². The number of methoxy groups -OCH3 is 1. The van der Waals surface area contributed by atoms with Crippen LogP contribution in [0.2, 0.25) is 0 Å². The van der Waals surface area contributed by atoms with Crippen LogP contribution in [-0.4, -0.2) is 35.6 Å². The van der Waals surface area contributed by atoms with Crippen LogP contribution in [-0.2, 0) is 9.53 Å². The van der Waals surface area contributed by atoms with Gasteiger partial charge in [0.05, 0.1) is 12.5 Å². The molecular weight excluding hydrogens is 312 g/mol. The first-order valence-electron chi connectivity index (χ1n) is 7.20. The Balaban J connectivity index is 2.00. The van der Waals surface area contributed by atoms with E-state index in [1.807, 2.05) is 25.1 Å². The van der Waals surface area contributed by atoms with Crippen molar-refractivity contribution in [2.75, 3.05) is 19.0 Å². The monoisotopic (exact) mass is 332 g/mol. The highest BCUT2D eigenvalue weighted by Gasteiger charge is 2.12. The van der Waals surface area contributed by atoms with E-state index in [2.05, 4.69) is 15.3 Å². The summed E-state index contributed by atoms with van der Waals surface area (Å²) in [4.78, 5) is 21.4. The Hall–Kier alpha value is -1.96. The van der Waals surface area contributed by atoms with Crippen molar-refractivity contribution in [2.45, 2.75) is 29.5 Å². The Labute approximate surface area is 139 Å². The third-order valence-corrected chi connectivity index (χ3v) is 4.12. The molecule has 0 spiro atoms. The number of nitrogens with zero attached hydrogens (tertiary/aromatic N) is 2. The van der Waals surface area contributed by atoms with Crippen molar-refractivity contribution in [1.82, 2.24) is 9.97 Å². The van der Waals surface area contributed by atoms with Crippen molar-refractivity contribution < 1.29 is 9.53 Å². The molecule has 1 heterocycles. The molecule has 1 aromatic carbocycles. The summed E-state index contributed by atoms with van der Waals surface area (Å²) in [7, 11) is 1.55. The molecule has 1 atom stereocenters. The predicted molar refractivity (Wildman–Crippen MR) is 90.4 cm³/mol. The molecule has 6 nitrogen and oxygen atoms in total. The van der Waals surface area contributed by atoms with Crippen molar-refractivity contribution in [2.24, 2.45) is 5.73 Å². The molecule has 1 unspecified atom stereocenters. The first-order chi connectivity index (χ1) is 11.1. The molecule has 0 aliphatic carbocycles. The van der Waals surface area contributed by atoms with Crippen LogP contribution in [0.5, 0.6) is 0 Å². The van der Waals surface area contributed by atoms with Crippen molar-refractivity contribution in [3.05, 3.63) is 42.2 Å². The number of carbonyl (C=O) groups excluding carboxylic acids is 1. The van der Waals surface area contributed by atoms with Crippen molar-refractivity contribution >= 4 is 23.4 Å². The average molecular weight is 332 g/mol. The number of benzene rings is 1. The number of nitrogens with one attached hydrogen (secondary N) is 1. The molecule has 0 saturated carbocycles. The molecule has 2 aromatic rings. The number of nitrogens with two attached hydrogens (primary N) is 1. The smallest absolute Gasteiger partial charge is 0.227 e. The third kappa shape index (κ3) is 5.31. The van der Waals surface area contributed by atoms with E-state index in [1.54, 1.807) is 25.6 Å². The minimum absolute atomic E-state index is 0.114. The summed E-state index contributed by atoms with van der Waals surface area (Å²) >= 11 is 1.48. The molecule has 3 N–H and O–H groups in total. The Morgan fingerprint density at radius 1 is 1.39 bits per heavy atom. The van der Waals surface area contributed by atoms with Gasteiger partial charge in [0, 0.05) is 36.6 Å². The second-order valence-electron chi connectivity index (χ2n) is 4.96. The lowest BCUT2D eigenvalue weighted by Crippen LogP contribution is -2.28. The topological polar surface area (TPSA) is 90.1 Å². The van der Waals surface area contributed by atoms with E-state index >= 15 is 0 Å². The van der Waals surface area contributed by atoms with E-state index in [0.29, 0.717) is 11.7 Å². The average Bonchev–Trinajstić information content (AvgIpc) is 2.56. The summed E-state index contributed by atoms with van der Waals surface area (Å²) in [6, 6.07) is 7.58. The van der Waals surface area contributed by atoms with E-state index in [1.165, 1.54) is 11.8 Å². The van der Waals surface area contributed by atoms with Crippen LogP contribution >= 0.6 is 11.8 Å². The van der Waals surface area contributed by atoms with Gasteiger partial charge in [0.25, 0.3) is 0 Å². The molecule has 0 fully saturated rings. The highest BCUT2D eigenvalue weighted by Crippen LogP contribution is 2.27. The fraction of sp³-hybridized carbons (Fsp3) is 0.312. The van der Waals surface area contributed by atoms with Crippen LogP contribution in [0.3, 0.4) is 0 Å². The summed E-state index contributed by atoms with van der Waals surface area (Å²) in [5.74, 6) is -0.114. The number of ether oxygens (including phenoxy) is 1. The minimum Gasteiger partial charge on any atom is -0.380 e. The lowest BCUT2D eigenvalue weighted by Gasteiger charge is -2.14. The molecule has 0 saturated heterocycles. The SMILES string of the molecule is COC(CN)CC(=O)Nc1ccc(Sc2ncccn2)cc1C. The number of hydrogen-bond donors (Lipinski definition) is 2. The van der Waals surface area contributed by atoms with Crippen LogP contribution in [0.1, 0.15) is 12.0 Å². The number of amides is 1. The lowest BCUT2D eigenvalue weighted by atomic mass is 10.2. The molecule has 0 aliphatic rings. The Morgan fingerprint density at radius 3 is 2.74 bits per heavy atom. The maximum atomic E-state index is 12.0. The largest absolute Gasteiger partial charge is 0.380 e. The third-order valence-electron chi connectivity index (χ3n) is 3.23. The lowest BCUT2D eigenvalue weighted by molar-refractivity contribution is -0.118. The summed E-state index contributed by atoms with van der Waals surface area (Å²) < 4.78 is 5.12. The minimum atomic E-state index is -0.264.